The lowest BCUT2D eigenvalue weighted by atomic mass is 10.0. The Kier molecular flexibility index (Phi) is 5.01. The Morgan fingerprint density at radius 2 is 1.69 bits per heavy atom. The molecular weight excluding hydrogens is 404 g/mol. The number of amides is 3. The van der Waals surface area contributed by atoms with Crippen LogP contribution in [-0.4, -0.2) is 33.7 Å². The molecule has 1 aromatic heterocycles. The molecule has 3 amide bonds. The number of para-hydroxylation sites is 1. The highest BCUT2D eigenvalue weighted by molar-refractivity contribution is 6.16. The summed E-state index contributed by atoms with van der Waals surface area (Å²) >= 11 is 0. The van der Waals surface area contributed by atoms with Crippen LogP contribution in [0, 0.1) is 0 Å². The van der Waals surface area contributed by atoms with Gasteiger partial charge in [0.1, 0.15) is 6.17 Å². The first kappa shape index (κ1) is 20.1. The van der Waals surface area contributed by atoms with Crippen molar-refractivity contribution in [2.75, 3.05) is 11.4 Å². The van der Waals surface area contributed by atoms with Crippen LogP contribution in [0.1, 0.15) is 51.0 Å². The number of carbonyl (C=O) groups excluding carboxylic acids is 3. The first-order valence-corrected chi connectivity index (χ1v) is 10.8. The van der Waals surface area contributed by atoms with Crippen LogP contribution in [0.15, 0.2) is 66.9 Å². The van der Waals surface area contributed by atoms with Crippen molar-refractivity contribution in [2.24, 2.45) is 7.05 Å². The van der Waals surface area contributed by atoms with Crippen molar-refractivity contribution >= 4 is 23.4 Å². The molecule has 1 unspecified atom stereocenters. The maximum atomic E-state index is 13.4. The SMILES string of the molecule is Cn1cccc1CNC(=O)CCCN1C(=O)c2ccccc2N2C(=O)c3ccccc3C12. The number of hydrogen-bond donors (Lipinski definition) is 1. The highest BCUT2D eigenvalue weighted by Gasteiger charge is 2.47. The third-order valence-electron chi connectivity index (χ3n) is 6.20. The predicted octanol–water partition coefficient (Wildman–Crippen LogP) is 3.24. The summed E-state index contributed by atoms with van der Waals surface area (Å²) in [4.78, 5) is 42.3. The van der Waals surface area contributed by atoms with Gasteiger partial charge in [-0.3, -0.25) is 19.3 Å². The summed E-state index contributed by atoms with van der Waals surface area (Å²) in [6.07, 6.45) is 2.27. The Balaban J connectivity index is 1.33. The molecule has 0 radical (unpaired) electrons. The first-order valence-electron chi connectivity index (χ1n) is 10.8. The van der Waals surface area contributed by atoms with Crippen LogP contribution < -0.4 is 10.2 Å². The number of benzene rings is 2. The molecule has 7 nitrogen and oxygen atoms in total. The number of anilines is 1. The molecule has 162 valence electrons. The molecule has 3 heterocycles. The van der Waals surface area contributed by atoms with E-state index in [1.807, 2.05) is 60.3 Å². The Morgan fingerprint density at radius 1 is 0.938 bits per heavy atom. The highest BCUT2D eigenvalue weighted by Crippen LogP contribution is 2.45. The number of carbonyl (C=O) groups is 3. The van der Waals surface area contributed by atoms with Crippen LogP contribution in [-0.2, 0) is 18.4 Å². The largest absolute Gasteiger partial charge is 0.353 e. The van der Waals surface area contributed by atoms with Gasteiger partial charge in [-0.25, -0.2) is 0 Å². The van der Waals surface area contributed by atoms with Gasteiger partial charge in [-0.2, -0.15) is 0 Å². The van der Waals surface area contributed by atoms with Gasteiger partial charge in [0.15, 0.2) is 0 Å². The lowest BCUT2D eigenvalue weighted by Gasteiger charge is -2.41. The molecule has 1 atom stereocenters. The molecule has 0 bridgehead atoms. The zero-order valence-electron chi connectivity index (χ0n) is 17.8. The average molecular weight is 428 g/mol. The van der Waals surface area contributed by atoms with E-state index in [1.165, 1.54) is 0 Å². The average Bonchev–Trinajstić information content (AvgIpc) is 3.35. The molecule has 0 saturated heterocycles. The Morgan fingerprint density at radius 3 is 2.47 bits per heavy atom. The second-order valence-corrected chi connectivity index (χ2v) is 8.14. The number of rotatable bonds is 6. The second kappa shape index (κ2) is 8.00. The van der Waals surface area contributed by atoms with Crippen molar-refractivity contribution in [3.63, 3.8) is 0 Å². The van der Waals surface area contributed by atoms with Gasteiger partial charge in [-0.05, 0) is 36.8 Å². The fraction of sp³-hybridized carbons (Fsp3) is 0.240. The second-order valence-electron chi connectivity index (χ2n) is 8.14. The maximum absolute atomic E-state index is 13.4. The van der Waals surface area contributed by atoms with Crippen molar-refractivity contribution in [1.82, 2.24) is 14.8 Å². The van der Waals surface area contributed by atoms with E-state index in [0.717, 1.165) is 11.3 Å². The fourth-order valence-electron chi connectivity index (χ4n) is 4.57. The molecule has 2 aliphatic rings. The number of aryl methyl sites for hydroxylation is 1. The molecule has 1 N–H and O–H groups in total. The standard InChI is InChI=1S/C25H24N4O3/c1-27-14-6-8-17(27)16-26-22(30)13-7-15-28-23-18-9-2-3-10-19(18)25(32)29(23)21-12-5-4-11-20(21)24(28)31/h2-6,8-12,14,23H,7,13,15-16H2,1H3,(H,26,30). The van der Waals surface area contributed by atoms with E-state index in [4.69, 9.17) is 0 Å². The molecule has 0 fully saturated rings. The molecule has 2 aliphatic heterocycles. The van der Waals surface area contributed by atoms with Crippen molar-refractivity contribution in [3.05, 3.63) is 89.2 Å². The molecule has 0 spiro atoms. The summed E-state index contributed by atoms with van der Waals surface area (Å²) in [5.41, 5.74) is 3.62. The van der Waals surface area contributed by atoms with E-state index in [9.17, 15) is 14.4 Å². The monoisotopic (exact) mass is 428 g/mol. The molecule has 0 aliphatic carbocycles. The molecule has 3 aromatic rings. The fourth-order valence-corrected chi connectivity index (χ4v) is 4.57. The topological polar surface area (TPSA) is 74.7 Å². The van der Waals surface area contributed by atoms with Gasteiger partial charge in [-0.1, -0.05) is 30.3 Å². The summed E-state index contributed by atoms with van der Waals surface area (Å²) in [6.45, 7) is 0.851. The smallest absolute Gasteiger partial charge is 0.260 e. The van der Waals surface area contributed by atoms with Crippen LogP contribution in [0.5, 0.6) is 0 Å². The molecule has 5 rings (SSSR count). The normalized spacial score (nSPS) is 16.6. The van der Waals surface area contributed by atoms with Gasteiger partial charge < -0.3 is 14.8 Å². The maximum Gasteiger partial charge on any atom is 0.260 e. The summed E-state index contributed by atoms with van der Waals surface area (Å²) in [5, 5.41) is 2.93. The zero-order chi connectivity index (χ0) is 22.2. The summed E-state index contributed by atoms with van der Waals surface area (Å²) in [6, 6.07) is 18.5. The number of aromatic nitrogens is 1. The van der Waals surface area contributed by atoms with Gasteiger partial charge in [-0.15, -0.1) is 0 Å². The Labute approximate surface area is 186 Å². The Hall–Kier alpha value is -3.87. The van der Waals surface area contributed by atoms with Crippen molar-refractivity contribution in [2.45, 2.75) is 25.6 Å². The van der Waals surface area contributed by atoms with Gasteiger partial charge in [0.05, 0.1) is 17.8 Å². The minimum atomic E-state index is -0.479. The minimum absolute atomic E-state index is 0.0594. The third-order valence-corrected chi connectivity index (χ3v) is 6.20. The van der Waals surface area contributed by atoms with Crippen molar-refractivity contribution in [3.8, 4) is 0 Å². The predicted molar refractivity (Wildman–Crippen MR) is 120 cm³/mol. The summed E-state index contributed by atoms with van der Waals surface area (Å²) in [7, 11) is 1.94. The van der Waals surface area contributed by atoms with Gasteiger partial charge >= 0.3 is 0 Å². The van der Waals surface area contributed by atoms with Gasteiger partial charge in [0.25, 0.3) is 11.8 Å². The molecule has 2 aromatic carbocycles. The number of nitrogens with zero attached hydrogens (tertiary/aromatic N) is 3. The van der Waals surface area contributed by atoms with Crippen LogP contribution >= 0.6 is 0 Å². The molecule has 0 saturated carbocycles. The first-order chi connectivity index (χ1) is 15.6. The van der Waals surface area contributed by atoms with E-state index >= 15 is 0 Å². The Bertz CT molecular complexity index is 1220. The quantitative estimate of drug-likeness (QED) is 0.655. The minimum Gasteiger partial charge on any atom is -0.353 e. The molecule has 32 heavy (non-hydrogen) atoms. The number of nitrogens with one attached hydrogen (secondary N) is 1. The van der Waals surface area contributed by atoms with E-state index < -0.39 is 6.17 Å². The number of hydrogen-bond acceptors (Lipinski definition) is 3. The lowest BCUT2D eigenvalue weighted by Crippen LogP contribution is -2.48. The van der Waals surface area contributed by atoms with Crippen molar-refractivity contribution in [1.29, 1.82) is 0 Å². The summed E-state index contributed by atoms with van der Waals surface area (Å²) in [5.74, 6) is -0.276. The highest BCUT2D eigenvalue weighted by atomic mass is 16.2. The van der Waals surface area contributed by atoms with Crippen LogP contribution in [0.2, 0.25) is 0 Å². The zero-order valence-corrected chi connectivity index (χ0v) is 17.8. The van der Waals surface area contributed by atoms with E-state index in [2.05, 4.69) is 5.32 Å². The summed E-state index contributed by atoms with van der Waals surface area (Å²) < 4.78 is 1.97. The van der Waals surface area contributed by atoms with Gasteiger partial charge in [0, 0.05) is 43.0 Å². The van der Waals surface area contributed by atoms with Gasteiger partial charge in [0.2, 0.25) is 5.91 Å². The third kappa shape index (κ3) is 3.26. The lowest BCUT2D eigenvalue weighted by molar-refractivity contribution is -0.121. The number of fused-ring (bicyclic) bond motifs is 5. The van der Waals surface area contributed by atoms with E-state index in [0.29, 0.717) is 42.7 Å². The molecular formula is C25H24N4O3. The van der Waals surface area contributed by atoms with Crippen LogP contribution in [0.4, 0.5) is 5.69 Å². The van der Waals surface area contributed by atoms with Crippen LogP contribution in [0.25, 0.3) is 0 Å². The van der Waals surface area contributed by atoms with Crippen LogP contribution in [0.3, 0.4) is 0 Å². The van der Waals surface area contributed by atoms with Crippen molar-refractivity contribution < 1.29 is 14.4 Å². The van der Waals surface area contributed by atoms with E-state index in [-0.39, 0.29) is 17.7 Å². The molecule has 7 heteroatoms. The van der Waals surface area contributed by atoms with E-state index in [1.54, 1.807) is 28.0 Å².